The number of pyridine rings is 1. The first-order chi connectivity index (χ1) is 9.22. The van der Waals surface area contributed by atoms with Crippen LogP contribution in [0.3, 0.4) is 0 Å². The van der Waals surface area contributed by atoms with Gasteiger partial charge in [0.1, 0.15) is 5.15 Å². The second-order valence-electron chi connectivity index (χ2n) is 4.31. The second-order valence-corrected chi connectivity index (χ2v) is 4.70. The number of rotatable bonds is 3. The first kappa shape index (κ1) is 12.1. The normalized spacial score (nSPS) is 12.5. The summed E-state index contributed by atoms with van der Waals surface area (Å²) in [5, 5.41) is 3.84. The fourth-order valence-electron chi connectivity index (χ4n) is 1.97. The number of benzene rings is 1. The second kappa shape index (κ2) is 4.97. The number of halogens is 1. The zero-order chi connectivity index (χ0) is 13.2. The van der Waals surface area contributed by atoms with Gasteiger partial charge in [0, 0.05) is 6.54 Å². The molecule has 0 saturated carbocycles. The zero-order valence-electron chi connectivity index (χ0n) is 10.4. The first-order valence-corrected chi connectivity index (χ1v) is 6.36. The maximum atomic E-state index is 5.83. The number of aryl methyl sites for hydroxylation is 1. The smallest absolute Gasteiger partial charge is 0.231 e. The van der Waals surface area contributed by atoms with Gasteiger partial charge in [-0.3, -0.25) is 0 Å². The van der Waals surface area contributed by atoms with Crippen LogP contribution in [0.2, 0.25) is 5.15 Å². The lowest BCUT2D eigenvalue weighted by Gasteiger charge is -2.09. The van der Waals surface area contributed by atoms with Crippen molar-refractivity contribution in [2.24, 2.45) is 0 Å². The van der Waals surface area contributed by atoms with Gasteiger partial charge in [0.25, 0.3) is 0 Å². The number of hydrogen-bond acceptors (Lipinski definition) is 4. The summed E-state index contributed by atoms with van der Waals surface area (Å²) in [6.07, 6.45) is 0. The predicted octanol–water partition coefficient (Wildman–Crippen LogP) is 3.38. The van der Waals surface area contributed by atoms with E-state index >= 15 is 0 Å². The van der Waals surface area contributed by atoms with Gasteiger partial charge in [-0.25, -0.2) is 4.98 Å². The zero-order valence-corrected chi connectivity index (χ0v) is 11.2. The molecule has 0 unspecified atom stereocenters. The molecular weight excluding hydrogens is 264 g/mol. The van der Waals surface area contributed by atoms with Gasteiger partial charge in [-0.05, 0) is 36.8 Å². The molecule has 2 heterocycles. The molecular formula is C14H13ClN2O2. The molecule has 19 heavy (non-hydrogen) atoms. The Labute approximate surface area is 116 Å². The SMILES string of the molecule is Cc1nc(Cl)ccc1NCc1ccc2c(c1)OCO2. The number of ether oxygens (including phenoxy) is 2. The molecule has 1 aromatic carbocycles. The third-order valence-electron chi connectivity index (χ3n) is 2.97. The minimum atomic E-state index is 0.298. The van der Waals surface area contributed by atoms with Gasteiger partial charge >= 0.3 is 0 Å². The van der Waals surface area contributed by atoms with Crippen LogP contribution >= 0.6 is 11.6 Å². The summed E-state index contributed by atoms with van der Waals surface area (Å²) in [5.74, 6) is 1.60. The van der Waals surface area contributed by atoms with E-state index in [4.69, 9.17) is 21.1 Å². The quantitative estimate of drug-likeness (QED) is 0.873. The molecule has 1 aliphatic rings. The van der Waals surface area contributed by atoms with Crippen LogP contribution < -0.4 is 14.8 Å². The topological polar surface area (TPSA) is 43.4 Å². The monoisotopic (exact) mass is 276 g/mol. The van der Waals surface area contributed by atoms with Crippen molar-refractivity contribution in [1.29, 1.82) is 0 Å². The highest BCUT2D eigenvalue weighted by molar-refractivity contribution is 6.29. The Hall–Kier alpha value is -1.94. The highest BCUT2D eigenvalue weighted by Crippen LogP contribution is 2.32. The fraction of sp³-hybridized carbons (Fsp3) is 0.214. The lowest BCUT2D eigenvalue weighted by atomic mass is 10.2. The van der Waals surface area contributed by atoms with Crippen molar-refractivity contribution in [1.82, 2.24) is 4.98 Å². The number of fused-ring (bicyclic) bond motifs is 1. The molecule has 1 N–H and O–H groups in total. The third kappa shape index (κ3) is 2.58. The number of nitrogens with zero attached hydrogens (tertiary/aromatic N) is 1. The van der Waals surface area contributed by atoms with Crippen LogP contribution in [0.1, 0.15) is 11.3 Å². The molecule has 0 atom stereocenters. The van der Waals surface area contributed by atoms with Crippen molar-refractivity contribution in [2.75, 3.05) is 12.1 Å². The fourth-order valence-corrected chi connectivity index (χ4v) is 2.16. The standard InChI is InChI=1S/C14H13ClN2O2/c1-9-11(3-5-14(15)17-9)16-7-10-2-4-12-13(6-10)19-8-18-12/h2-6,16H,7-8H2,1H3. The van der Waals surface area contributed by atoms with Gasteiger partial charge in [-0.15, -0.1) is 0 Å². The van der Waals surface area contributed by atoms with Gasteiger partial charge < -0.3 is 14.8 Å². The number of aromatic nitrogens is 1. The van der Waals surface area contributed by atoms with Gasteiger partial charge in [0.15, 0.2) is 11.5 Å². The van der Waals surface area contributed by atoms with E-state index in [1.54, 1.807) is 6.07 Å². The molecule has 98 valence electrons. The van der Waals surface area contributed by atoms with E-state index in [-0.39, 0.29) is 0 Å². The summed E-state index contributed by atoms with van der Waals surface area (Å²) in [7, 11) is 0. The van der Waals surface area contributed by atoms with Crippen LogP contribution in [0.4, 0.5) is 5.69 Å². The Morgan fingerprint density at radius 3 is 2.89 bits per heavy atom. The van der Waals surface area contributed by atoms with Crippen LogP contribution in [0, 0.1) is 6.92 Å². The Morgan fingerprint density at radius 2 is 2.05 bits per heavy atom. The van der Waals surface area contributed by atoms with Gasteiger partial charge in [0.2, 0.25) is 6.79 Å². The van der Waals surface area contributed by atoms with Crippen LogP contribution in [0.25, 0.3) is 0 Å². The maximum Gasteiger partial charge on any atom is 0.231 e. The number of hydrogen-bond donors (Lipinski definition) is 1. The minimum absolute atomic E-state index is 0.298. The highest BCUT2D eigenvalue weighted by Gasteiger charge is 2.13. The van der Waals surface area contributed by atoms with E-state index < -0.39 is 0 Å². The Balaban J connectivity index is 1.72. The van der Waals surface area contributed by atoms with Crippen molar-refractivity contribution >= 4 is 17.3 Å². The summed E-state index contributed by atoms with van der Waals surface area (Å²) in [6.45, 7) is 2.92. The summed E-state index contributed by atoms with van der Waals surface area (Å²) < 4.78 is 10.6. The van der Waals surface area contributed by atoms with Crippen molar-refractivity contribution in [3.05, 3.63) is 46.7 Å². The Kier molecular flexibility index (Phi) is 3.17. The molecule has 0 amide bonds. The molecule has 3 rings (SSSR count). The van der Waals surface area contributed by atoms with Gasteiger partial charge in [-0.1, -0.05) is 17.7 Å². The minimum Gasteiger partial charge on any atom is -0.454 e. The molecule has 0 aliphatic carbocycles. The molecule has 0 radical (unpaired) electrons. The lowest BCUT2D eigenvalue weighted by Crippen LogP contribution is -2.02. The Bertz CT molecular complexity index is 616. The van der Waals surface area contributed by atoms with Crippen molar-refractivity contribution in [3.8, 4) is 11.5 Å². The molecule has 0 fully saturated rings. The Morgan fingerprint density at radius 1 is 1.21 bits per heavy atom. The summed E-state index contributed by atoms with van der Waals surface area (Å²) >= 11 is 5.83. The van der Waals surface area contributed by atoms with E-state index in [0.717, 1.165) is 28.4 Å². The third-order valence-corrected chi connectivity index (χ3v) is 3.18. The predicted molar refractivity (Wildman–Crippen MR) is 73.9 cm³/mol. The molecule has 2 aromatic rings. The van der Waals surface area contributed by atoms with E-state index in [2.05, 4.69) is 10.3 Å². The van der Waals surface area contributed by atoms with Crippen LogP contribution in [0.15, 0.2) is 30.3 Å². The molecule has 4 nitrogen and oxygen atoms in total. The van der Waals surface area contributed by atoms with E-state index in [9.17, 15) is 0 Å². The maximum absolute atomic E-state index is 5.83. The van der Waals surface area contributed by atoms with Crippen LogP contribution in [-0.4, -0.2) is 11.8 Å². The summed E-state index contributed by atoms with van der Waals surface area (Å²) in [6, 6.07) is 9.62. The van der Waals surface area contributed by atoms with Crippen molar-refractivity contribution in [2.45, 2.75) is 13.5 Å². The van der Waals surface area contributed by atoms with E-state index in [1.165, 1.54) is 0 Å². The molecule has 1 aromatic heterocycles. The lowest BCUT2D eigenvalue weighted by molar-refractivity contribution is 0.174. The highest BCUT2D eigenvalue weighted by atomic mass is 35.5. The number of nitrogens with one attached hydrogen (secondary N) is 1. The van der Waals surface area contributed by atoms with E-state index in [1.807, 2.05) is 31.2 Å². The molecule has 0 saturated heterocycles. The summed E-state index contributed by atoms with van der Waals surface area (Å²) in [5.41, 5.74) is 2.98. The largest absolute Gasteiger partial charge is 0.454 e. The van der Waals surface area contributed by atoms with Crippen LogP contribution in [-0.2, 0) is 6.54 Å². The molecule has 1 aliphatic heterocycles. The van der Waals surface area contributed by atoms with E-state index in [0.29, 0.717) is 18.5 Å². The van der Waals surface area contributed by atoms with Crippen molar-refractivity contribution in [3.63, 3.8) is 0 Å². The number of anilines is 1. The van der Waals surface area contributed by atoms with Gasteiger partial charge in [0.05, 0.1) is 11.4 Å². The van der Waals surface area contributed by atoms with Crippen molar-refractivity contribution < 1.29 is 9.47 Å². The molecule has 0 bridgehead atoms. The summed E-state index contributed by atoms with van der Waals surface area (Å²) in [4.78, 5) is 4.20. The average molecular weight is 277 g/mol. The molecule has 0 spiro atoms. The molecule has 5 heteroatoms. The van der Waals surface area contributed by atoms with Crippen LogP contribution in [0.5, 0.6) is 11.5 Å². The average Bonchev–Trinajstić information content (AvgIpc) is 2.85. The first-order valence-electron chi connectivity index (χ1n) is 5.98. The van der Waals surface area contributed by atoms with Gasteiger partial charge in [-0.2, -0.15) is 0 Å².